The summed E-state index contributed by atoms with van der Waals surface area (Å²) in [6, 6.07) is -3.80. The first kappa shape index (κ1) is 57.9. The van der Waals surface area contributed by atoms with Crippen LogP contribution in [0, 0.1) is 20.0 Å². The van der Waals surface area contributed by atoms with E-state index < -0.39 is 54.4 Å². The fourth-order valence-electron chi connectivity index (χ4n) is 5.00. The third-order valence-electron chi connectivity index (χ3n) is 7.55. The maximum atomic E-state index is 12.1. The summed E-state index contributed by atoms with van der Waals surface area (Å²) in [6.45, 7) is 14.3. The maximum Gasteiger partial charge on any atom is 0 e. The zero-order chi connectivity index (χ0) is 42.6. The number of nitrogens with one attached hydrogen (secondary N) is 3. The average molecular weight is 969 g/mol. The summed E-state index contributed by atoms with van der Waals surface area (Å²) in [7, 11) is 0. The van der Waals surface area contributed by atoms with Crippen molar-refractivity contribution >= 4 is 41.8 Å². The molecule has 313 valence electrons. The molecule has 0 fully saturated rings. The van der Waals surface area contributed by atoms with Crippen molar-refractivity contribution in [2.75, 3.05) is 19.6 Å². The second-order valence-electron chi connectivity index (χ2n) is 11.7. The Hall–Kier alpha value is -4.86. The maximum absolute atomic E-state index is 12.1. The van der Waals surface area contributed by atoms with Gasteiger partial charge < -0.3 is 46.1 Å². The summed E-state index contributed by atoms with van der Waals surface area (Å²) in [5.74, 6) is -5.54. The molecule has 1 aromatic rings. The topological polar surface area (TPSA) is 337 Å². The van der Waals surface area contributed by atoms with Crippen LogP contribution in [0.1, 0.15) is 95.7 Å². The molecule has 1 heterocycles. The van der Waals surface area contributed by atoms with Crippen molar-refractivity contribution in [2.24, 2.45) is 0 Å². The van der Waals surface area contributed by atoms with Gasteiger partial charge in [0.05, 0.1) is 13.1 Å². The van der Waals surface area contributed by atoms with E-state index in [4.69, 9.17) is 29.3 Å². The molecule has 0 saturated heterocycles. The molecular formula is C34H50N6O15Re. The van der Waals surface area contributed by atoms with Crippen LogP contribution in [0.3, 0.4) is 0 Å². The molecule has 1 radical (unpaired) electrons. The van der Waals surface area contributed by atoms with Crippen LogP contribution in [-0.4, -0.2) is 113 Å². The summed E-state index contributed by atoms with van der Waals surface area (Å²) in [5, 5.41) is 52.5. The molecule has 2 atom stereocenters. The summed E-state index contributed by atoms with van der Waals surface area (Å²) in [5.41, 5.74) is 0. The Labute approximate surface area is 337 Å². The Balaban J connectivity index is -0.00000183. The summed E-state index contributed by atoms with van der Waals surface area (Å²) in [4.78, 5) is 85.7. The molecule has 0 saturated carbocycles. The Morgan fingerprint density at radius 3 is 1.70 bits per heavy atom. The number of urea groups is 1. The number of amides is 3. The molecule has 8 N–H and O–H groups in total. The van der Waals surface area contributed by atoms with Gasteiger partial charge in [0.25, 0.3) is 0 Å². The van der Waals surface area contributed by atoms with Crippen LogP contribution >= 0.6 is 0 Å². The van der Waals surface area contributed by atoms with Crippen molar-refractivity contribution in [1.29, 1.82) is 0 Å². The van der Waals surface area contributed by atoms with Crippen LogP contribution in [0.2, 0.25) is 0 Å². The second kappa shape index (κ2) is 38.4. The van der Waals surface area contributed by atoms with E-state index in [9.17, 15) is 43.8 Å². The quantitative estimate of drug-likeness (QED) is 0.0321. The molecule has 0 bridgehead atoms. The van der Waals surface area contributed by atoms with Gasteiger partial charge in [0.2, 0.25) is 5.91 Å². The first-order valence-corrected chi connectivity index (χ1v) is 17.1. The van der Waals surface area contributed by atoms with Crippen molar-refractivity contribution in [3.8, 4) is 0 Å². The van der Waals surface area contributed by atoms with Crippen LogP contribution in [-0.2, 0) is 76.2 Å². The van der Waals surface area contributed by atoms with Crippen molar-refractivity contribution in [1.82, 2.24) is 30.4 Å². The van der Waals surface area contributed by atoms with Crippen LogP contribution in [0.25, 0.3) is 0 Å². The minimum absolute atomic E-state index is 0. The molecule has 1 rings (SSSR count). The Morgan fingerprint density at radius 1 is 0.679 bits per heavy atom. The zero-order valence-electron chi connectivity index (χ0n) is 30.8. The largest absolute Gasteiger partial charge is 0 e. The number of imidazole rings is 1. The molecule has 0 aliphatic heterocycles. The number of hydrogen-bond acceptors (Lipinski definition) is 9. The van der Waals surface area contributed by atoms with E-state index in [-0.39, 0.29) is 58.8 Å². The van der Waals surface area contributed by atoms with Gasteiger partial charge in [0.1, 0.15) is 24.5 Å². The van der Waals surface area contributed by atoms with Gasteiger partial charge in [0, 0.05) is 52.2 Å². The number of carbonyl (C=O) groups is 7. The smallest absolute Gasteiger partial charge is 0 e. The van der Waals surface area contributed by atoms with Gasteiger partial charge in [-0.05, 0) is 45.1 Å². The number of rotatable bonds is 29. The normalized spacial score (nSPS) is 10.8. The van der Waals surface area contributed by atoms with Gasteiger partial charge in [0.15, 0.2) is 0 Å². The van der Waals surface area contributed by atoms with Crippen molar-refractivity contribution in [2.45, 2.75) is 115 Å². The second-order valence-corrected chi connectivity index (χ2v) is 11.7. The first-order chi connectivity index (χ1) is 26.3. The molecule has 1 aromatic heterocycles. The number of carboxylic acid groups (broad SMARTS) is 5. The molecule has 0 aliphatic carbocycles. The minimum atomic E-state index is -1.48. The molecule has 0 aliphatic rings. The molecule has 0 aromatic carbocycles. The predicted molar refractivity (Wildman–Crippen MR) is 184 cm³/mol. The van der Waals surface area contributed by atoms with E-state index in [2.05, 4.69) is 40.9 Å². The first-order valence-electron chi connectivity index (χ1n) is 17.1. The molecule has 0 spiro atoms. The average Bonchev–Trinajstić information content (AvgIpc) is 3.57. The van der Waals surface area contributed by atoms with E-state index in [1.807, 2.05) is 0 Å². The van der Waals surface area contributed by atoms with Gasteiger partial charge in [-0.2, -0.15) is 0 Å². The van der Waals surface area contributed by atoms with E-state index in [1.165, 1.54) is 10.8 Å². The molecule has 3 amide bonds. The van der Waals surface area contributed by atoms with Crippen molar-refractivity contribution < 1.29 is 93.5 Å². The van der Waals surface area contributed by atoms with E-state index in [0.29, 0.717) is 38.2 Å². The minimum Gasteiger partial charge on any atom is 0 e. The fourth-order valence-corrected chi connectivity index (χ4v) is 5.00. The third kappa shape index (κ3) is 32.6. The van der Waals surface area contributed by atoms with Crippen molar-refractivity contribution in [3.05, 3.63) is 38.2 Å². The third-order valence-corrected chi connectivity index (χ3v) is 7.55. The predicted octanol–water partition coefficient (Wildman–Crippen LogP) is 1.61. The van der Waals surface area contributed by atoms with Gasteiger partial charge in [-0.25, -0.2) is 19.4 Å². The standard InChI is InChI=1S/C31H50N6O12.3CO.Re/c38-25(33-15-9-8-11-22(29(45)46)34-31(49)35-23(30(47)48)13-14-26(39)40)12-7-5-3-1-2-4-6-10-17-36(20-27(41)42)19-24-32-16-18-37(24)21-28(43)44;3*1-2;/h16,18,22-23H,1-15,17,19-21H2,(H,33,38)(H,39,40)(H,41,42)(H,43,44)(H,45,46)(H,47,48)(H2,34,35,49);;;;/t22-,23-;;;;/m0..../s1. The van der Waals surface area contributed by atoms with Gasteiger partial charge in [-0.1, -0.05) is 38.5 Å². The van der Waals surface area contributed by atoms with Crippen LogP contribution < -0.4 is 16.0 Å². The number of hydrogen-bond donors (Lipinski definition) is 8. The van der Waals surface area contributed by atoms with Gasteiger partial charge in [-0.15, -0.1) is 0 Å². The zero-order valence-corrected chi connectivity index (χ0v) is 33.5. The Bertz CT molecular complexity index is 1350. The Kier molecular flexibility index (Phi) is 39.7. The van der Waals surface area contributed by atoms with Gasteiger partial charge in [-0.3, -0.25) is 24.1 Å². The van der Waals surface area contributed by atoms with Crippen LogP contribution in [0.5, 0.6) is 0 Å². The summed E-state index contributed by atoms with van der Waals surface area (Å²) < 4.78 is 24.0. The summed E-state index contributed by atoms with van der Waals surface area (Å²) in [6.07, 6.45) is 10.9. The number of aromatic nitrogens is 2. The fraction of sp³-hybridized carbons (Fsp3) is 0.618. The molecule has 0 unspecified atom stereocenters. The molecule has 56 heavy (non-hydrogen) atoms. The van der Waals surface area contributed by atoms with E-state index in [0.717, 1.165) is 51.4 Å². The monoisotopic (exact) mass is 969 g/mol. The number of unbranched alkanes of at least 4 members (excludes halogenated alkanes) is 8. The van der Waals surface area contributed by atoms with Gasteiger partial charge >= 0.3 is 69.8 Å². The van der Waals surface area contributed by atoms with E-state index in [1.54, 1.807) is 11.1 Å². The number of carbonyl (C=O) groups excluding carboxylic acids is 2. The van der Waals surface area contributed by atoms with Crippen molar-refractivity contribution in [3.63, 3.8) is 0 Å². The van der Waals surface area contributed by atoms with E-state index >= 15 is 0 Å². The van der Waals surface area contributed by atoms with Crippen LogP contribution in [0.15, 0.2) is 12.4 Å². The summed E-state index contributed by atoms with van der Waals surface area (Å²) >= 11 is 0. The Morgan fingerprint density at radius 2 is 1.20 bits per heavy atom. The molecular weight excluding hydrogens is 919 g/mol. The molecule has 21 nitrogen and oxygen atoms in total. The van der Waals surface area contributed by atoms with Crippen LogP contribution in [0.4, 0.5) is 4.79 Å². The number of nitrogens with zero attached hydrogens (tertiary/aromatic N) is 3. The molecule has 22 heteroatoms. The SMILES string of the molecule is O=C(O)CC[C@H](NC(=O)N[C@@H](CCCCNC(=O)CCCCCCCCCCN(CC(=O)O)Cc1nccn1CC(=O)O)C(=O)O)C(=O)O.[C-]#[O+].[C-]#[O+].[C-]#[O+].[Re]. The number of carboxylic acids is 5. The number of aliphatic carboxylic acids is 5.